The molecule has 0 unspecified atom stereocenters. The summed E-state index contributed by atoms with van der Waals surface area (Å²) < 4.78 is 2.07. The van der Waals surface area contributed by atoms with Crippen LogP contribution in [0.5, 0.6) is 0 Å². The third kappa shape index (κ3) is 3.47. The van der Waals surface area contributed by atoms with Gasteiger partial charge in [-0.1, -0.05) is 6.92 Å². The van der Waals surface area contributed by atoms with Gasteiger partial charge in [-0.25, -0.2) is 9.97 Å². The van der Waals surface area contributed by atoms with E-state index < -0.39 is 5.41 Å². The molecule has 156 valence electrons. The Kier molecular flexibility index (Phi) is 5.23. The Hall–Kier alpha value is -2.22. The summed E-state index contributed by atoms with van der Waals surface area (Å²) in [5.74, 6) is 0.183. The average molecular weight is 416 g/mol. The molecular formula is C21H29N5O2S. The number of hydrogen-bond donors (Lipinski definition) is 0. The summed E-state index contributed by atoms with van der Waals surface area (Å²) in [6, 6.07) is 0.311. The van der Waals surface area contributed by atoms with Gasteiger partial charge in [-0.05, 0) is 27.2 Å². The van der Waals surface area contributed by atoms with Gasteiger partial charge in [0, 0.05) is 49.6 Å². The molecule has 4 rings (SSSR count). The molecule has 2 aromatic heterocycles. The van der Waals surface area contributed by atoms with Crippen LogP contribution in [0.15, 0.2) is 17.9 Å². The molecule has 2 aliphatic heterocycles. The summed E-state index contributed by atoms with van der Waals surface area (Å²) in [7, 11) is 0. The summed E-state index contributed by atoms with van der Waals surface area (Å²) in [6.07, 6.45) is 5.10. The van der Waals surface area contributed by atoms with Crippen LogP contribution in [0, 0.1) is 12.3 Å². The van der Waals surface area contributed by atoms with Gasteiger partial charge in [0.1, 0.15) is 0 Å². The zero-order chi connectivity index (χ0) is 20.8. The van der Waals surface area contributed by atoms with Crippen molar-refractivity contribution in [3.63, 3.8) is 0 Å². The minimum absolute atomic E-state index is 0.0623. The molecule has 2 amide bonds. The van der Waals surface area contributed by atoms with Gasteiger partial charge in [-0.15, -0.1) is 11.3 Å². The van der Waals surface area contributed by atoms with Crippen molar-refractivity contribution >= 4 is 23.2 Å². The maximum Gasteiger partial charge on any atom is 0.231 e. The number of aryl methyl sites for hydroxylation is 1. The fraction of sp³-hybridized carbons (Fsp3) is 0.619. The van der Waals surface area contributed by atoms with Gasteiger partial charge < -0.3 is 14.4 Å². The SMILES string of the molecule is CCC(=O)N1C[C@H](c2cn(C(C)C)cn2)[C@@]2(CCN(Cc3csc(C)n3)C2=O)C1. The summed E-state index contributed by atoms with van der Waals surface area (Å²) in [4.78, 5) is 39.1. The van der Waals surface area contributed by atoms with Crippen LogP contribution in [0.4, 0.5) is 0 Å². The van der Waals surface area contributed by atoms with Crippen LogP contribution in [0.1, 0.15) is 62.0 Å². The Balaban J connectivity index is 1.64. The van der Waals surface area contributed by atoms with E-state index >= 15 is 0 Å². The fourth-order valence-electron chi connectivity index (χ4n) is 4.67. The van der Waals surface area contributed by atoms with E-state index in [1.54, 1.807) is 11.3 Å². The minimum Gasteiger partial charge on any atom is -0.341 e. The highest BCUT2D eigenvalue weighted by Gasteiger charge is 2.58. The first kappa shape index (κ1) is 20.1. The normalized spacial score (nSPS) is 24.4. The largest absolute Gasteiger partial charge is 0.341 e. The van der Waals surface area contributed by atoms with Gasteiger partial charge >= 0.3 is 0 Å². The first-order chi connectivity index (χ1) is 13.8. The second-order valence-corrected chi connectivity index (χ2v) is 9.57. The van der Waals surface area contributed by atoms with Gasteiger partial charge in [0.05, 0.1) is 34.7 Å². The van der Waals surface area contributed by atoms with Crippen LogP contribution in [-0.2, 0) is 16.1 Å². The number of carbonyl (C=O) groups excluding carboxylic acids is 2. The number of rotatable bonds is 5. The Labute approximate surface area is 175 Å². The van der Waals surface area contributed by atoms with Gasteiger partial charge in [-0.2, -0.15) is 0 Å². The van der Waals surface area contributed by atoms with Crippen molar-refractivity contribution in [3.8, 4) is 0 Å². The maximum absolute atomic E-state index is 13.7. The first-order valence-electron chi connectivity index (χ1n) is 10.4. The average Bonchev–Trinajstić information content (AvgIpc) is 3.46. The Morgan fingerprint density at radius 2 is 2.21 bits per heavy atom. The molecule has 0 aromatic carbocycles. The van der Waals surface area contributed by atoms with Crippen molar-refractivity contribution in [1.29, 1.82) is 0 Å². The molecule has 2 fully saturated rings. The van der Waals surface area contributed by atoms with E-state index in [-0.39, 0.29) is 17.7 Å². The summed E-state index contributed by atoms with van der Waals surface area (Å²) in [5, 5.41) is 3.04. The van der Waals surface area contributed by atoms with Crippen molar-refractivity contribution in [2.45, 2.75) is 59.0 Å². The molecule has 8 heteroatoms. The highest BCUT2D eigenvalue weighted by molar-refractivity contribution is 7.09. The van der Waals surface area contributed by atoms with Crippen molar-refractivity contribution in [2.75, 3.05) is 19.6 Å². The molecule has 2 aliphatic rings. The number of thiazole rings is 1. The number of hydrogen-bond acceptors (Lipinski definition) is 5. The number of imidazole rings is 1. The predicted molar refractivity (Wildman–Crippen MR) is 112 cm³/mol. The molecule has 0 bridgehead atoms. The third-order valence-corrected chi connectivity index (χ3v) is 7.16. The van der Waals surface area contributed by atoms with Gasteiger partial charge in [0.2, 0.25) is 11.8 Å². The molecule has 4 heterocycles. The second kappa shape index (κ2) is 7.55. The summed E-state index contributed by atoms with van der Waals surface area (Å²) >= 11 is 1.61. The topological polar surface area (TPSA) is 71.3 Å². The monoisotopic (exact) mass is 415 g/mol. The Morgan fingerprint density at radius 1 is 1.41 bits per heavy atom. The molecule has 1 spiro atoms. The molecule has 2 atom stereocenters. The molecule has 2 saturated heterocycles. The van der Waals surface area contributed by atoms with E-state index in [0.717, 1.165) is 22.8 Å². The molecular weight excluding hydrogens is 386 g/mol. The van der Waals surface area contributed by atoms with Crippen molar-refractivity contribution < 1.29 is 9.59 Å². The minimum atomic E-state index is -0.577. The number of aromatic nitrogens is 3. The van der Waals surface area contributed by atoms with Crippen LogP contribution >= 0.6 is 11.3 Å². The molecule has 2 aromatic rings. The van der Waals surface area contributed by atoms with E-state index in [9.17, 15) is 9.59 Å². The second-order valence-electron chi connectivity index (χ2n) is 8.51. The Bertz CT molecular complexity index is 920. The molecule has 29 heavy (non-hydrogen) atoms. The van der Waals surface area contributed by atoms with Crippen molar-refractivity contribution in [1.82, 2.24) is 24.3 Å². The highest BCUT2D eigenvalue weighted by atomic mass is 32.1. The molecule has 0 radical (unpaired) electrons. The van der Waals surface area contributed by atoms with E-state index in [4.69, 9.17) is 0 Å². The third-order valence-electron chi connectivity index (χ3n) is 6.33. The number of likely N-dealkylation sites (tertiary alicyclic amines) is 2. The van der Waals surface area contributed by atoms with Crippen LogP contribution in [0.3, 0.4) is 0 Å². The highest BCUT2D eigenvalue weighted by Crippen LogP contribution is 2.50. The first-order valence-corrected chi connectivity index (χ1v) is 11.2. The summed E-state index contributed by atoms with van der Waals surface area (Å²) in [6.45, 7) is 10.4. The number of nitrogens with zero attached hydrogens (tertiary/aromatic N) is 5. The molecule has 0 saturated carbocycles. The quantitative estimate of drug-likeness (QED) is 0.753. The van der Waals surface area contributed by atoms with Crippen molar-refractivity contribution in [3.05, 3.63) is 34.3 Å². The van der Waals surface area contributed by atoms with Crippen molar-refractivity contribution in [2.24, 2.45) is 5.41 Å². The van der Waals surface area contributed by atoms with Crippen LogP contribution in [0.2, 0.25) is 0 Å². The predicted octanol–water partition coefficient (Wildman–Crippen LogP) is 2.98. The standard InChI is InChI=1S/C21H29N5O2S/c1-5-19(27)25-9-17(18-10-26(13-22-18)14(2)3)21(12-25)6-7-24(20(21)28)8-16-11-29-15(4)23-16/h10-11,13-14,17H,5-9,12H2,1-4H3/t17-,21-/m1/s1. The molecule has 7 nitrogen and oxygen atoms in total. The van der Waals surface area contributed by atoms with Crippen LogP contribution in [0.25, 0.3) is 0 Å². The maximum atomic E-state index is 13.7. The van der Waals surface area contributed by atoms with E-state index in [2.05, 4.69) is 34.6 Å². The summed E-state index contributed by atoms with van der Waals surface area (Å²) in [5.41, 5.74) is 1.29. The van der Waals surface area contributed by atoms with E-state index in [1.807, 2.05) is 35.4 Å². The van der Waals surface area contributed by atoms with E-state index in [1.165, 1.54) is 0 Å². The zero-order valence-corrected chi connectivity index (χ0v) is 18.4. The van der Waals surface area contributed by atoms with Gasteiger partial charge in [-0.3, -0.25) is 9.59 Å². The fourth-order valence-corrected chi connectivity index (χ4v) is 5.27. The number of amides is 2. The number of carbonyl (C=O) groups is 2. The molecule has 0 aliphatic carbocycles. The lowest BCUT2D eigenvalue weighted by Gasteiger charge is -2.27. The van der Waals surface area contributed by atoms with Gasteiger partial charge in [0.25, 0.3) is 0 Å². The lowest BCUT2D eigenvalue weighted by molar-refractivity contribution is -0.137. The lowest BCUT2D eigenvalue weighted by atomic mass is 9.75. The smallest absolute Gasteiger partial charge is 0.231 e. The lowest BCUT2D eigenvalue weighted by Crippen LogP contribution is -2.40. The van der Waals surface area contributed by atoms with Crippen LogP contribution in [-0.4, -0.2) is 55.8 Å². The van der Waals surface area contributed by atoms with E-state index in [0.29, 0.717) is 38.6 Å². The van der Waals surface area contributed by atoms with Gasteiger partial charge in [0.15, 0.2) is 0 Å². The zero-order valence-electron chi connectivity index (χ0n) is 17.6. The van der Waals surface area contributed by atoms with Crippen LogP contribution < -0.4 is 0 Å². The molecule has 0 N–H and O–H groups in total. The Morgan fingerprint density at radius 3 is 2.83 bits per heavy atom.